The summed E-state index contributed by atoms with van der Waals surface area (Å²) in [7, 11) is 0. The van der Waals surface area contributed by atoms with Crippen molar-refractivity contribution in [1.29, 1.82) is 0 Å². The molecular formula is C15H15ClN2OS. The first kappa shape index (κ1) is 14.6. The van der Waals surface area contributed by atoms with Crippen LogP contribution in [0.1, 0.15) is 11.1 Å². The first-order valence-electron chi connectivity index (χ1n) is 6.17. The van der Waals surface area contributed by atoms with E-state index in [1.165, 1.54) is 0 Å². The predicted molar refractivity (Wildman–Crippen MR) is 87.6 cm³/mol. The topological polar surface area (TPSA) is 58.3 Å². The summed E-state index contributed by atoms with van der Waals surface area (Å²) in [5.41, 5.74) is 8.44. The van der Waals surface area contributed by atoms with Crippen LogP contribution in [0.25, 0.3) is 0 Å². The van der Waals surface area contributed by atoms with E-state index in [9.17, 15) is 5.11 Å². The number of thiocarbonyl (C=S) groups is 1. The second kappa shape index (κ2) is 6.59. The van der Waals surface area contributed by atoms with Gasteiger partial charge < -0.3 is 16.2 Å². The van der Waals surface area contributed by atoms with Gasteiger partial charge in [0.2, 0.25) is 0 Å². The molecule has 0 aliphatic heterocycles. The lowest BCUT2D eigenvalue weighted by molar-refractivity contribution is 0.475. The number of nitrogens with one attached hydrogen (secondary N) is 1. The second-order valence-corrected chi connectivity index (χ2v) is 5.27. The molecule has 2 rings (SSSR count). The molecule has 104 valence electrons. The van der Waals surface area contributed by atoms with Crippen molar-refractivity contribution in [3.63, 3.8) is 0 Å². The Balaban J connectivity index is 2.02. The van der Waals surface area contributed by atoms with Crippen molar-refractivity contribution in [2.45, 2.75) is 6.42 Å². The first-order valence-corrected chi connectivity index (χ1v) is 6.96. The molecule has 0 unspecified atom stereocenters. The summed E-state index contributed by atoms with van der Waals surface area (Å²) in [6.07, 6.45) is 0.823. The fourth-order valence-electron chi connectivity index (χ4n) is 1.88. The Morgan fingerprint density at radius 2 is 1.90 bits per heavy atom. The van der Waals surface area contributed by atoms with Crippen LogP contribution in [0.2, 0.25) is 5.02 Å². The molecule has 0 spiro atoms. The number of phenols is 1. The number of benzene rings is 2. The monoisotopic (exact) mass is 306 g/mol. The van der Waals surface area contributed by atoms with E-state index in [0.717, 1.165) is 29.8 Å². The summed E-state index contributed by atoms with van der Waals surface area (Å²) in [6.45, 7) is 0.723. The standard InChI is InChI=1S/C15H15ClN2OS/c16-11-3-6-13(15(17)20)14(9-11)18-8-7-10-1-4-12(19)5-2-10/h1-6,9,18-19H,7-8H2,(H2,17,20). The minimum Gasteiger partial charge on any atom is -0.508 e. The number of aromatic hydroxyl groups is 1. The number of nitrogens with two attached hydrogens (primary N) is 1. The van der Waals surface area contributed by atoms with Gasteiger partial charge in [-0.25, -0.2) is 0 Å². The van der Waals surface area contributed by atoms with Crippen LogP contribution in [0.15, 0.2) is 42.5 Å². The third-order valence-electron chi connectivity index (χ3n) is 2.91. The Labute approximate surface area is 128 Å². The SMILES string of the molecule is NC(=S)c1ccc(Cl)cc1NCCc1ccc(O)cc1. The Morgan fingerprint density at radius 1 is 1.20 bits per heavy atom. The molecular weight excluding hydrogens is 292 g/mol. The van der Waals surface area contributed by atoms with Gasteiger partial charge in [-0.15, -0.1) is 0 Å². The van der Waals surface area contributed by atoms with Gasteiger partial charge in [0.1, 0.15) is 10.7 Å². The van der Waals surface area contributed by atoms with Crippen molar-refractivity contribution in [3.05, 3.63) is 58.6 Å². The molecule has 3 nitrogen and oxygen atoms in total. The quantitative estimate of drug-likeness (QED) is 0.742. The highest BCUT2D eigenvalue weighted by molar-refractivity contribution is 7.80. The first-order chi connectivity index (χ1) is 9.56. The summed E-state index contributed by atoms with van der Waals surface area (Å²) in [4.78, 5) is 0.341. The zero-order valence-electron chi connectivity index (χ0n) is 10.8. The molecule has 0 fully saturated rings. The number of hydrogen-bond acceptors (Lipinski definition) is 3. The van der Waals surface area contributed by atoms with E-state index in [1.54, 1.807) is 18.2 Å². The van der Waals surface area contributed by atoms with E-state index in [1.807, 2.05) is 24.3 Å². The molecule has 0 radical (unpaired) electrons. The highest BCUT2D eigenvalue weighted by atomic mass is 35.5. The third-order valence-corrected chi connectivity index (χ3v) is 3.37. The Morgan fingerprint density at radius 3 is 2.55 bits per heavy atom. The highest BCUT2D eigenvalue weighted by Gasteiger charge is 2.05. The predicted octanol–water partition coefficient (Wildman–Crippen LogP) is 3.33. The maximum absolute atomic E-state index is 9.23. The number of anilines is 1. The van der Waals surface area contributed by atoms with E-state index in [4.69, 9.17) is 29.6 Å². The number of rotatable bonds is 5. The fraction of sp³-hybridized carbons (Fsp3) is 0.133. The van der Waals surface area contributed by atoms with Gasteiger partial charge in [0, 0.05) is 22.8 Å². The van der Waals surface area contributed by atoms with Crippen LogP contribution in [-0.2, 0) is 6.42 Å². The summed E-state index contributed by atoms with van der Waals surface area (Å²) in [6, 6.07) is 12.5. The van der Waals surface area contributed by atoms with Crippen LogP contribution >= 0.6 is 23.8 Å². The van der Waals surface area contributed by atoms with E-state index < -0.39 is 0 Å². The molecule has 0 atom stereocenters. The molecule has 20 heavy (non-hydrogen) atoms. The second-order valence-electron chi connectivity index (χ2n) is 4.40. The summed E-state index contributed by atoms with van der Waals surface area (Å²) in [5, 5.41) is 13.1. The minimum atomic E-state index is 0.271. The van der Waals surface area contributed by atoms with Gasteiger partial charge in [-0.3, -0.25) is 0 Å². The maximum Gasteiger partial charge on any atom is 0.115 e. The lowest BCUT2D eigenvalue weighted by Crippen LogP contribution is -2.14. The van der Waals surface area contributed by atoms with Crippen LogP contribution in [0.4, 0.5) is 5.69 Å². The highest BCUT2D eigenvalue weighted by Crippen LogP contribution is 2.21. The molecule has 0 saturated heterocycles. The zero-order chi connectivity index (χ0) is 14.5. The van der Waals surface area contributed by atoms with Crippen molar-refractivity contribution in [2.75, 3.05) is 11.9 Å². The molecule has 5 heteroatoms. The molecule has 0 aromatic heterocycles. The van der Waals surface area contributed by atoms with Crippen LogP contribution < -0.4 is 11.1 Å². The van der Waals surface area contributed by atoms with Crippen molar-refractivity contribution < 1.29 is 5.11 Å². The molecule has 4 N–H and O–H groups in total. The molecule has 0 amide bonds. The molecule has 2 aromatic rings. The zero-order valence-corrected chi connectivity index (χ0v) is 12.3. The summed E-state index contributed by atoms with van der Waals surface area (Å²) >= 11 is 11.0. The smallest absolute Gasteiger partial charge is 0.115 e. The molecule has 0 heterocycles. The third kappa shape index (κ3) is 3.85. The van der Waals surface area contributed by atoms with Gasteiger partial charge in [-0.1, -0.05) is 36.0 Å². The Hall–Kier alpha value is -1.78. The molecule has 0 saturated carbocycles. The van der Waals surface area contributed by atoms with E-state index in [0.29, 0.717) is 10.0 Å². The van der Waals surface area contributed by atoms with Gasteiger partial charge in [0.15, 0.2) is 0 Å². The Bertz CT molecular complexity index is 614. The lowest BCUT2D eigenvalue weighted by Gasteiger charge is -2.11. The van der Waals surface area contributed by atoms with Crippen LogP contribution in [-0.4, -0.2) is 16.6 Å². The van der Waals surface area contributed by atoms with Crippen molar-refractivity contribution in [3.8, 4) is 5.75 Å². The number of phenolic OH excluding ortho intramolecular Hbond substituents is 1. The average molecular weight is 307 g/mol. The van der Waals surface area contributed by atoms with Gasteiger partial charge in [0.25, 0.3) is 0 Å². The van der Waals surface area contributed by atoms with Crippen LogP contribution in [0.3, 0.4) is 0 Å². The van der Waals surface area contributed by atoms with E-state index in [2.05, 4.69) is 5.32 Å². The summed E-state index contributed by atoms with van der Waals surface area (Å²) < 4.78 is 0. The van der Waals surface area contributed by atoms with Gasteiger partial charge in [-0.05, 0) is 42.3 Å². The normalized spacial score (nSPS) is 10.2. The van der Waals surface area contributed by atoms with Crippen LogP contribution in [0.5, 0.6) is 5.75 Å². The molecule has 0 aliphatic carbocycles. The summed E-state index contributed by atoms with van der Waals surface area (Å²) in [5.74, 6) is 0.271. The van der Waals surface area contributed by atoms with Crippen molar-refractivity contribution in [1.82, 2.24) is 0 Å². The molecule has 0 bridgehead atoms. The van der Waals surface area contributed by atoms with Crippen molar-refractivity contribution >= 4 is 34.5 Å². The average Bonchev–Trinajstić information content (AvgIpc) is 2.41. The lowest BCUT2D eigenvalue weighted by atomic mass is 10.1. The van der Waals surface area contributed by atoms with Gasteiger partial charge in [0.05, 0.1) is 0 Å². The van der Waals surface area contributed by atoms with Crippen molar-refractivity contribution in [2.24, 2.45) is 5.73 Å². The minimum absolute atomic E-state index is 0.271. The van der Waals surface area contributed by atoms with Gasteiger partial charge >= 0.3 is 0 Å². The van der Waals surface area contributed by atoms with Crippen LogP contribution in [0, 0.1) is 0 Å². The fourth-order valence-corrected chi connectivity index (χ4v) is 2.23. The molecule has 2 aromatic carbocycles. The largest absolute Gasteiger partial charge is 0.508 e. The van der Waals surface area contributed by atoms with Gasteiger partial charge in [-0.2, -0.15) is 0 Å². The number of halogens is 1. The molecule has 0 aliphatic rings. The maximum atomic E-state index is 9.23. The Kier molecular flexibility index (Phi) is 4.82. The number of hydrogen-bond donors (Lipinski definition) is 3. The van der Waals surface area contributed by atoms with E-state index in [-0.39, 0.29) is 5.75 Å². The van der Waals surface area contributed by atoms with E-state index >= 15 is 0 Å².